The lowest BCUT2D eigenvalue weighted by Gasteiger charge is -2.35. The quantitative estimate of drug-likeness (QED) is 0.672. The van der Waals surface area contributed by atoms with Crippen molar-refractivity contribution in [1.82, 2.24) is 30.3 Å². The van der Waals surface area contributed by atoms with E-state index < -0.39 is 0 Å². The molecule has 2 heterocycles. The predicted octanol–water partition coefficient (Wildman–Crippen LogP) is 1.57. The van der Waals surface area contributed by atoms with Crippen LogP contribution in [0.3, 0.4) is 0 Å². The van der Waals surface area contributed by atoms with Gasteiger partial charge in [-0.25, -0.2) is 9.97 Å². The van der Waals surface area contributed by atoms with Crippen LogP contribution >= 0.6 is 0 Å². The van der Waals surface area contributed by atoms with Gasteiger partial charge in [0.1, 0.15) is 0 Å². The van der Waals surface area contributed by atoms with Crippen molar-refractivity contribution in [3.8, 4) is 0 Å². The maximum Gasteiger partial charge on any atom is 0.223 e. The Kier molecular flexibility index (Phi) is 7.30. The highest BCUT2D eigenvalue weighted by Crippen LogP contribution is 2.28. The predicted molar refractivity (Wildman–Crippen MR) is 105 cm³/mol. The lowest BCUT2D eigenvalue weighted by Crippen LogP contribution is -2.45. The second-order valence-corrected chi connectivity index (χ2v) is 7.16. The number of hydrogen-bond acceptors (Lipinski definition) is 7. The zero-order valence-electron chi connectivity index (χ0n) is 16.5. The van der Waals surface area contributed by atoms with E-state index in [1.54, 1.807) is 23.1 Å². The number of carbonyl (C=O) groups excluding carboxylic acids is 1. The number of aryl methyl sites for hydroxylation is 1. The Morgan fingerprint density at radius 2 is 2.14 bits per heavy atom. The summed E-state index contributed by atoms with van der Waals surface area (Å²) in [5.74, 6) is 0.633. The van der Waals surface area contributed by atoms with Gasteiger partial charge in [0.05, 0.1) is 24.4 Å². The van der Waals surface area contributed by atoms with Crippen LogP contribution in [0.25, 0.3) is 0 Å². The van der Waals surface area contributed by atoms with E-state index in [2.05, 4.69) is 37.8 Å². The van der Waals surface area contributed by atoms with Crippen LogP contribution in [-0.2, 0) is 16.1 Å². The fourth-order valence-electron chi connectivity index (χ4n) is 3.47. The third kappa shape index (κ3) is 5.72. The Morgan fingerprint density at radius 1 is 1.32 bits per heavy atom. The molecule has 1 aliphatic rings. The van der Waals surface area contributed by atoms with E-state index in [1.165, 1.54) is 0 Å². The average Bonchev–Trinajstić information content (AvgIpc) is 3.13. The zero-order valence-corrected chi connectivity index (χ0v) is 16.5. The molecular formula is C19H29N7O2. The van der Waals surface area contributed by atoms with E-state index in [9.17, 15) is 4.79 Å². The molecule has 2 aromatic heterocycles. The fraction of sp³-hybridized carbons (Fsp3) is 0.632. The van der Waals surface area contributed by atoms with E-state index >= 15 is 0 Å². The SMILES string of the molecule is CCCOC1CC(C(=O)NCCn2cc(C)nn2)CCC1Nc1ncccn1. The van der Waals surface area contributed by atoms with Gasteiger partial charge in [0, 0.05) is 37.7 Å². The second-order valence-electron chi connectivity index (χ2n) is 7.16. The van der Waals surface area contributed by atoms with Crippen molar-refractivity contribution < 1.29 is 9.53 Å². The molecule has 0 bridgehead atoms. The first kappa shape index (κ1) is 20.2. The van der Waals surface area contributed by atoms with Crippen LogP contribution in [0.1, 0.15) is 38.3 Å². The molecule has 2 aromatic rings. The van der Waals surface area contributed by atoms with Gasteiger partial charge in [-0.15, -0.1) is 5.10 Å². The van der Waals surface area contributed by atoms with Gasteiger partial charge in [-0.1, -0.05) is 12.1 Å². The topological polar surface area (TPSA) is 107 Å². The largest absolute Gasteiger partial charge is 0.376 e. The van der Waals surface area contributed by atoms with Crippen molar-refractivity contribution >= 4 is 11.9 Å². The maximum atomic E-state index is 12.6. The molecule has 2 N–H and O–H groups in total. The molecule has 9 heteroatoms. The maximum absolute atomic E-state index is 12.6. The van der Waals surface area contributed by atoms with E-state index in [-0.39, 0.29) is 24.0 Å². The Balaban J connectivity index is 1.51. The number of nitrogens with one attached hydrogen (secondary N) is 2. The highest BCUT2D eigenvalue weighted by atomic mass is 16.5. The number of rotatable bonds is 9. The molecule has 0 saturated heterocycles. The molecule has 0 aromatic carbocycles. The van der Waals surface area contributed by atoms with Crippen molar-refractivity contribution in [3.05, 3.63) is 30.4 Å². The lowest BCUT2D eigenvalue weighted by atomic mass is 9.83. The van der Waals surface area contributed by atoms with Gasteiger partial charge in [0.2, 0.25) is 11.9 Å². The first-order valence-electron chi connectivity index (χ1n) is 9.95. The molecule has 3 unspecified atom stereocenters. The molecule has 3 atom stereocenters. The molecular weight excluding hydrogens is 358 g/mol. The lowest BCUT2D eigenvalue weighted by molar-refractivity contribution is -0.128. The first-order chi connectivity index (χ1) is 13.7. The van der Waals surface area contributed by atoms with Crippen molar-refractivity contribution in [2.45, 2.75) is 58.2 Å². The summed E-state index contributed by atoms with van der Waals surface area (Å²) in [6.07, 6.45) is 8.55. The summed E-state index contributed by atoms with van der Waals surface area (Å²) >= 11 is 0. The Labute approximate surface area is 165 Å². The normalized spacial score (nSPS) is 22.0. The van der Waals surface area contributed by atoms with Crippen LogP contribution in [0, 0.1) is 12.8 Å². The summed E-state index contributed by atoms with van der Waals surface area (Å²) in [6.45, 7) is 5.81. The van der Waals surface area contributed by atoms with E-state index in [4.69, 9.17) is 4.74 Å². The minimum atomic E-state index is -0.0471. The van der Waals surface area contributed by atoms with Crippen molar-refractivity contribution in [2.75, 3.05) is 18.5 Å². The number of aromatic nitrogens is 5. The smallest absolute Gasteiger partial charge is 0.223 e. The van der Waals surface area contributed by atoms with Gasteiger partial charge < -0.3 is 15.4 Å². The molecule has 28 heavy (non-hydrogen) atoms. The van der Waals surface area contributed by atoms with Crippen LogP contribution in [0.4, 0.5) is 5.95 Å². The fourth-order valence-corrected chi connectivity index (χ4v) is 3.47. The Hall–Kier alpha value is -2.55. The second kappa shape index (κ2) is 10.1. The number of amides is 1. The Morgan fingerprint density at radius 3 is 2.86 bits per heavy atom. The van der Waals surface area contributed by atoms with Gasteiger partial charge in [0.15, 0.2) is 0 Å². The highest BCUT2D eigenvalue weighted by Gasteiger charge is 2.34. The van der Waals surface area contributed by atoms with Crippen LogP contribution in [0.5, 0.6) is 0 Å². The van der Waals surface area contributed by atoms with Gasteiger partial charge in [-0.3, -0.25) is 9.48 Å². The zero-order chi connectivity index (χ0) is 19.8. The van der Waals surface area contributed by atoms with Gasteiger partial charge >= 0.3 is 0 Å². The van der Waals surface area contributed by atoms with Crippen molar-refractivity contribution in [1.29, 1.82) is 0 Å². The number of carbonyl (C=O) groups is 1. The number of anilines is 1. The minimum absolute atomic E-state index is 0.0359. The molecule has 0 aliphatic heterocycles. The van der Waals surface area contributed by atoms with Gasteiger partial charge in [0.25, 0.3) is 0 Å². The van der Waals surface area contributed by atoms with Crippen LogP contribution < -0.4 is 10.6 Å². The molecule has 3 rings (SSSR count). The van der Waals surface area contributed by atoms with Crippen LogP contribution in [0.15, 0.2) is 24.7 Å². The summed E-state index contributed by atoms with van der Waals surface area (Å²) in [4.78, 5) is 21.1. The van der Waals surface area contributed by atoms with Gasteiger partial charge in [-0.05, 0) is 38.7 Å². The molecule has 1 amide bonds. The number of hydrogen-bond donors (Lipinski definition) is 2. The van der Waals surface area contributed by atoms with E-state index in [0.717, 1.165) is 25.0 Å². The molecule has 0 radical (unpaired) electrons. The van der Waals surface area contributed by atoms with Crippen molar-refractivity contribution in [2.24, 2.45) is 5.92 Å². The van der Waals surface area contributed by atoms with Crippen LogP contribution in [-0.4, -0.2) is 56.2 Å². The summed E-state index contributed by atoms with van der Waals surface area (Å²) in [7, 11) is 0. The molecule has 1 fully saturated rings. The molecule has 1 aliphatic carbocycles. The molecule has 9 nitrogen and oxygen atoms in total. The molecule has 152 valence electrons. The van der Waals surface area contributed by atoms with E-state index in [1.807, 2.05) is 13.1 Å². The first-order valence-corrected chi connectivity index (χ1v) is 9.95. The van der Waals surface area contributed by atoms with Gasteiger partial charge in [-0.2, -0.15) is 0 Å². The highest BCUT2D eigenvalue weighted by molar-refractivity contribution is 5.78. The minimum Gasteiger partial charge on any atom is -0.376 e. The standard InChI is InChI=1S/C19H29N7O2/c1-3-11-28-17-12-15(5-6-16(17)23-19-21-7-4-8-22-19)18(27)20-9-10-26-13-14(2)24-25-26/h4,7-8,13,15-17H,3,5-6,9-12H2,1-2H3,(H,20,27)(H,21,22,23). The number of nitrogens with zero attached hydrogens (tertiary/aromatic N) is 5. The summed E-state index contributed by atoms with van der Waals surface area (Å²) < 4.78 is 7.79. The monoisotopic (exact) mass is 387 g/mol. The third-order valence-corrected chi connectivity index (χ3v) is 4.87. The third-order valence-electron chi connectivity index (χ3n) is 4.87. The summed E-state index contributed by atoms with van der Waals surface area (Å²) in [5, 5.41) is 14.3. The molecule has 0 spiro atoms. The van der Waals surface area contributed by atoms with Crippen molar-refractivity contribution in [3.63, 3.8) is 0 Å². The average molecular weight is 387 g/mol. The van der Waals surface area contributed by atoms with E-state index in [0.29, 0.717) is 32.1 Å². The number of ether oxygens (including phenoxy) is 1. The Bertz CT molecular complexity index is 737. The molecule has 1 saturated carbocycles. The summed E-state index contributed by atoms with van der Waals surface area (Å²) in [6, 6.07) is 1.90. The summed E-state index contributed by atoms with van der Waals surface area (Å²) in [5.41, 5.74) is 0.871. The van der Waals surface area contributed by atoms with Crippen LogP contribution in [0.2, 0.25) is 0 Å².